The van der Waals surface area contributed by atoms with Crippen LogP contribution in [0.5, 0.6) is 5.75 Å². The van der Waals surface area contributed by atoms with Crippen molar-refractivity contribution in [2.45, 2.75) is 33.4 Å². The van der Waals surface area contributed by atoms with Gasteiger partial charge in [0.25, 0.3) is 0 Å². The molecule has 3 aromatic rings. The summed E-state index contributed by atoms with van der Waals surface area (Å²) in [7, 11) is 0. The smallest absolute Gasteiger partial charge is 0.228 e. The monoisotopic (exact) mass is 494 g/mol. The van der Waals surface area contributed by atoms with Gasteiger partial charge in [0.2, 0.25) is 5.91 Å². The summed E-state index contributed by atoms with van der Waals surface area (Å²) in [5.41, 5.74) is 4.32. The summed E-state index contributed by atoms with van der Waals surface area (Å²) in [6, 6.07) is 13.1. The molecule has 0 spiro atoms. The minimum absolute atomic E-state index is 0.121. The van der Waals surface area contributed by atoms with Gasteiger partial charge in [0, 0.05) is 55.4 Å². The lowest BCUT2D eigenvalue weighted by Crippen LogP contribution is -2.45. The summed E-state index contributed by atoms with van der Waals surface area (Å²) in [4.78, 5) is 25.2. The van der Waals surface area contributed by atoms with Gasteiger partial charge in [-0.1, -0.05) is 6.07 Å². The summed E-state index contributed by atoms with van der Waals surface area (Å²) >= 11 is 1.60. The molecular formula is C27H31FN4O2S. The van der Waals surface area contributed by atoms with Gasteiger partial charge in [-0.05, 0) is 55.8 Å². The number of anilines is 1. The number of rotatable bonds is 5. The van der Waals surface area contributed by atoms with Crippen LogP contribution in [-0.4, -0.2) is 60.0 Å². The molecule has 1 aromatic heterocycles. The molecule has 184 valence electrons. The van der Waals surface area contributed by atoms with E-state index in [2.05, 4.69) is 26.9 Å². The molecule has 6 nitrogen and oxygen atoms in total. The molecule has 3 heterocycles. The summed E-state index contributed by atoms with van der Waals surface area (Å²) in [5.74, 6) is 0.791. The largest absolute Gasteiger partial charge is 0.491 e. The lowest BCUT2D eigenvalue weighted by Gasteiger charge is -2.36. The third-order valence-electron chi connectivity index (χ3n) is 6.74. The highest BCUT2D eigenvalue weighted by Gasteiger charge is 2.23. The molecule has 2 aliphatic heterocycles. The number of ether oxygens (including phenoxy) is 1. The number of amides is 1. The molecule has 0 aliphatic carbocycles. The van der Waals surface area contributed by atoms with Gasteiger partial charge in [0.1, 0.15) is 18.2 Å². The Morgan fingerprint density at radius 2 is 1.83 bits per heavy atom. The van der Waals surface area contributed by atoms with E-state index in [-0.39, 0.29) is 11.7 Å². The molecule has 35 heavy (non-hydrogen) atoms. The molecule has 0 saturated carbocycles. The molecule has 0 bridgehead atoms. The van der Waals surface area contributed by atoms with Crippen LogP contribution in [0.4, 0.5) is 10.1 Å². The van der Waals surface area contributed by atoms with Crippen LogP contribution < -0.4 is 9.64 Å². The lowest BCUT2D eigenvalue weighted by atomic mass is 10.1. The molecule has 1 saturated heterocycles. The van der Waals surface area contributed by atoms with E-state index < -0.39 is 0 Å². The van der Waals surface area contributed by atoms with Gasteiger partial charge in [-0.3, -0.25) is 9.69 Å². The molecule has 0 radical (unpaired) electrons. The van der Waals surface area contributed by atoms with Crippen LogP contribution in [-0.2, 0) is 24.3 Å². The number of piperazine rings is 1. The fraction of sp³-hybridized carbons (Fsp3) is 0.407. The van der Waals surface area contributed by atoms with Crippen molar-refractivity contribution in [3.8, 4) is 5.75 Å². The van der Waals surface area contributed by atoms with Crippen molar-refractivity contribution in [3.63, 3.8) is 0 Å². The predicted molar refractivity (Wildman–Crippen MR) is 137 cm³/mol. The fourth-order valence-electron chi connectivity index (χ4n) is 4.82. The molecule has 0 N–H and O–H groups in total. The van der Waals surface area contributed by atoms with Crippen molar-refractivity contribution in [2.75, 3.05) is 44.2 Å². The number of thiazole rings is 1. The zero-order valence-electron chi connectivity index (χ0n) is 20.3. The Balaban J connectivity index is 1.21. The number of hydrogen-bond donors (Lipinski definition) is 0. The quantitative estimate of drug-likeness (QED) is 0.533. The Labute approximate surface area is 209 Å². The first-order valence-corrected chi connectivity index (χ1v) is 12.9. The Hall–Kier alpha value is -2.97. The number of aryl methyl sites for hydroxylation is 2. The number of fused-ring (bicyclic) bond motifs is 1. The molecule has 5 rings (SSSR count). The Morgan fingerprint density at radius 1 is 1.06 bits per heavy atom. The van der Waals surface area contributed by atoms with Crippen molar-refractivity contribution in [1.29, 1.82) is 0 Å². The second kappa shape index (κ2) is 10.3. The number of carbonyl (C=O) groups is 1. The van der Waals surface area contributed by atoms with Gasteiger partial charge in [-0.25, -0.2) is 9.37 Å². The Morgan fingerprint density at radius 3 is 2.54 bits per heavy atom. The second-order valence-corrected chi connectivity index (χ2v) is 10.6. The summed E-state index contributed by atoms with van der Waals surface area (Å²) in [6.07, 6.45) is 0.394. The average Bonchev–Trinajstić information content (AvgIpc) is 3.03. The van der Waals surface area contributed by atoms with E-state index in [0.717, 1.165) is 65.3 Å². The van der Waals surface area contributed by atoms with E-state index in [1.807, 2.05) is 36.9 Å². The van der Waals surface area contributed by atoms with Gasteiger partial charge >= 0.3 is 0 Å². The Kier molecular flexibility index (Phi) is 7.02. The van der Waals surface area contributed by atoms with E-state index in [1.165, 1.54) is 17.7 Å². The van der Waals surface area contributed by atoms with Crippen LogP contribution in [0.15, 0.2) is 42.5 Å². The summed E-state index contributed by atoms with van der Waals surface area (Å²) in [6.45, 7) is 10.2. The highest BCUT2D eigenvalue weighted by Crippen LogP contribution is 2.27. The molecule has 0 atom stereocenters. The first-order valence-electron chi connectivity index (χ1n) is 12.1. The number of hydrogen-bond acceptors (Lipinski definition) is 6. The number of halogens is 1. The third-order valence-corrected chi connectivity index (χ3v) is 7.81. The topological polar surface area (TPSA) is 48.9 Å². The summed E-state index contributed by atoms with van der Waals surface area (Å²) in [5, 5.41) is 0.998. The SMILES string of the molecule is Cc1nc(C)c(CC(=O)N2CCOc3ccc(CN4CCN(c5ccc(F)cc5)CC4)cc3C2)s1. The zero-order chi connectivity index (χ0) is 24.4. The first kappa shape index (κ1) is 23.8. The minimum atomic E-state index is -0.200. The molecular weight excluding hydrogens is 463 g/mol. The normalized spacial score (nSPS) is 16.5. The second-order valence-electron chi connectivity index (χ2n) is 9.26. The molecule has 1 fully saturated rings. The predicted octanol–water partition coefficient (Wildman–Crippen LogP) is 4.18. The van der Waals surface area contributed by atoms with Gasteiger partial charge in [-0.2, -0.15) is 0 Å². The van der Waals surface area contributed by atoms with E-state index in [4.69, 9.17) is 4.74 Å². The van der Waals surface area contributed by atoms with Crippen molar-refractivity contribution in [1.82, 2.24) is 14.8 Å². The highest BCUT2D eigenvalue weighted by atomic mass is 32.1. The van der Waals surface area contributed by atoms with E-state index in [9.17, 15) is 9.18 Å². The summed E-state index contributed by atoms with van der Waals surface area (Å²) < 4.78 is 19.2. The van der Waals surface area contributed by atoms with Gasteiger partial charge < -0.3 is 14.5 Å². The van der Waals surface area contributed by atoms with E-state index >= 15 is 0 Å². The maximum atomic E-state index is 13.2. The van der Waals surface area contributed by atoms with Crippen LogP contribution in [0.25, 0.3) is 0 Å². The maximum absolute atomic E-state index is 13.2. The van der Waals surface area contributed by atoms with Crippen molar-refractivity contribution < 1.29 is 13.9 Å². The van der Waals surface area contributed by atoms with E-state index in [0.29, 0.717) is 26.1 Å². The van der Waals surface area contributed by atoms with Crippen LogP contribution >= 0.6 is 11.3 Å². The number of nitrogens with zero attached hydrogens (tertiary/aromatic N) is 4. The van der Waals surface area contributed by atoms with Gasteiger partial charge in [0.05, 0.1) is 23.7 Å². The number of carbonyl (C=O) groups excluding carboxylic acids is 1. The maximum Gasteiger partial charge on any atom is 0.228 e. The van der Waals surface area contributed by atoms with Crippen LogP contribution in [0.1, 0.15) is 26.7 Å². The molecule has 1 amide bonds. The van der Waals surface area contributed by atoms with Crippen LogP contribution in [0.2, 0.25) is 0 Å². The fourth-order valence-corrected chi connectivity index (χ4v) is 5.75. The Bertz CT molecular complexity index is 1190. The van der Waals surface area contributed by atoms with Gasteiger partial charge in [0.15, 0.2) is 0 Å². The molecule has 8 heteroatoms. The lowest BCUT2D eigenvalue weighted by molar-refractivity contribution is -0.131. The number of benzene rings is 2. The molecule has 2 aromatic carbocycles. The standard InChI is InChI=1S/C27H31FN4O2S/c1-19-26(35-20(2)29-19)16-27(33)32-13-14-34-25-8-3-21(15-22(25)18-32)17-30-9-11-31(12-10-30)24-6-4-23(28)5-7-24/h3-8,15H,9-14,16-18H2,1-2H3. The molecule has 2 aliphatic rings. The minimum Gasteiger partial charge on any atom is -0.491 e. The number of aromatic nitrogens is 1. The van der Waals surface area contributed by atoms with Crippen LogP contribution in [0, 0.1) is 19.7 Å². The molecule has 0 unspecified atom stereocenters. The average molecular weight is 495 g/mol. The van der Waals surface area contributed by atoms with Crippen molar-refractivity contribution >= 4 is 22.9 Å². The third kappa shape index (κ3) is 5.65. The first-order chi connectivity index (χ1) is 16.9. The van der Waals surface area contributed by atoms with E-state index in [1.54, 1.807) is 11.3 Å². The van der Waals surface area contributed by atoms with Gasteiger partial charge in [-0.15, -0.1) is 11.3 Å². The van der Waals surface area contributed by atoms with Crippen LogP contribution in [0.3, 0.4) is 0 Å². The highest BCUT2D eigenvalue weighted by molar-refractivity contribution is 7.11. The van der Waals surface area contributed by atoms with Crippen molar-refractivity contribution in [3.05, 3.63) is 75.0 Å². The zero-order valence-corrected chi connectivity index (χ0v) is 21.1. The van der Waals surface area contributed by atoms with Crippen molar-refractivity contribution in [2.24, 2.45) is 0 Å².